The van der Waals surface area contributed by atoms with Gasteiger partial charge in [-0.25, -0.2) is 0 Å². The van der Waals surface area contributed by atoms with Crippen molar-refractivity contribution < 1.29 is 4.74 Å². The first-order chi connectivity index (χ1) is 9.30. The Morgan fingerprint density at radius 1 is 1.16 bits per heavy atom. The Bertz CT molecular complexity index is 373. The Morgan fingerprint density at radius 2 is 1.89 bits per heavy atom. The van der Waals surface area contributed by atoms with Crippen LogP contribution in [-0.2, 0) is 0 Å². The Kier molecular flexibility index (Phi) is 5.26. The van der Waals surface area contributed by atoms with Gasteiger partial charge in [-0.05, 0) is 55.8 Å². The van der Waals surface area contributed by atoms with Crippen LogP contribution >= 0.6 is 0 Å². The molecule has 0 aromatic heterocycles. The molecular weight excluding hydrogens is 234 g/mol. The van der Waals surface area contributed by atoms with E-state index in [0.717, 1.165) is 36.8 Å². The summed E-state index contributed by atoms with van der Waals surface area (Å²) in [6, 6.07) is 9.43. The summed E-state index contributed by atoms with van der Waals surface area (Å²) in [6.07, 6.45) is 3.77. The average molecular weight is 261 g/mol. The lowest BCUT2D eigenvalue weighted by molar-refractivity contribution is 0.161. The first kappa shape index (κ1) is 14.4. The molecule has 1 saturated carbocycles. The highest BCUT2D eigenvalue weighted by molar-refractivity contribution is 5.32. The zero-order valence-corrected chi connectivity index (χ0v) is 12.5. The van der Waals surface area contributed by atoms with Gasteiger partial charge in [-0.2, -0.15) is 0 Å². The molecule has 1 fully saturated rings. The Morgan fingerprint density at radius 3 is 2.47 bits per heavy atom. The number of hydrogen-bond donors (Lipinski definition) is 1. The highest BCUT2D eigenvalue weighted by Crippen LogP contribution is 2.44. The molecular formula is C17H27NO. The molecule has 1 aliphatic rings. The van der Waals surface area contributed by atoms with Gasteiger partial charge in [0.1, 0.15) is 5.75 Å². The fourth-order valence-corrected chi connectivity index (χ4v) is 3.20. The topological polar surface area (TPSA) is 21.3 Å². The van der Waals surface area contributed by atoms with Crippen LogP contribution in [0.2, 0.25) is 0 Å². The molecule has 0 bridgehead atoms. The van der Waals surface area contributed by atoms with E-state index >= 15 is 0 Å². The van der Waals surface area contributed by atoms with Crippen LogP contribution < -0.4 is 10.1 Å². The molecule has 0 aliphatic heterocycles. The molecule has 2 nitrogen and oxygen atoms in total. The number of nitrogens with one attached hydrogen (secondary N) is 1. The van der Waals surface area contributed by atoms with Crippen molar-refractivity contribution in [1.82, 2.24) is 5.32 Å². The van der Waals surface area contributed by atoms with Gasteiger partial charge in [0.25, 0.3) is 0 Å². The van der Waals surface area contributed by atoms with Crippen molar-refractivity contribution in [3.63, 3.8) is 0 Å². The summed E-state index contributed by atoms with van der Waals surface area (Å²) in [5, 5.41) is 3.68. The molecule has 3 unspecified atom stereocenters. The first-order valence-corrected chi connectivity index (χ1v) is 7.76. The lowest BCUT2D eigenvalue weighted by Crippen LogP contribution is -2.49. The quantitative estimate of drug-likeness (QED) is 0.802. The molecule has 0 spiro atoms. The van der Waals surface area contributed by atoms with Crippen molar-refractivity contribution in [3.8, 4) is 5.75 Å². The fourth-order valence-electron chi connectivity index (χ4n) is 3.20. The van der Waals surface area contributed by atoms with Gasteiger partial charge in [0.15, 0.2) is 0 Å². The van der Waals surface area contributed by atoms with Crippen molar-refractivity contribution in [2.24, 2.45) is 5.92 Å². The van der Waals surface area contributed by atoms with Crippen molar-refractivity contribution in [3.05, 3.63) is 29.8 Å². The highest BCUT2D eigenvalue weighted by Gasteiger charge is 2.39. The van der Waals surface area contributed by atoms with Gasteiger partial charge in [-0.15, -0.1) is 0 Å². The minimum absolute atomic E-state index is 0.724. The second kappa shape index (κ2) is 6.95. The van der Waals surface area contributed by atoms with Crippen LogP contribution in [0.4, 0.5) is 0 Å². The van der Waals surface area contributed by atoms with Crippen LogP contribution in [0.5, 0.6) is 5.75 Å². The molecule has 0 heterocycles. The Balaban J connectivity index is 1.95. The van der Waals surface area contributed by atoms with E-state index in [1.165, 1.54) is 24.8 Å². The fraction of sp³-hybridized carbons (Fsp3) is 0.647. The summed E-state index contributed by atoms with van der Waals surface area (Å²) in [5.41, 5.74) is 1.48. The standard InChI is InChI=1S/C17H27NO/c1-4-11-18-17-12-16(15(17)5-2)13-7-9-14(10-8-13)19-6-3/h7-10,15-18H,4-6,11-12H2,1-3H3. The molecule has 0 saturated heterocycles. The molecule has 0 radical (unpaired) electrons. The smallest absolute Gasteiger partial charge is 0.119 e. The van der Waals surface area contributed by atoms with Crippen molar-refractivity contribution in [2.75, 3.05) is 13.2 Å². The maximum absolute atomic E-state index is 5.51. The van der Waals surface area contributed by atoms with Gasteiger partial charge < -0.3 is 10.1 Å². The van der Waals surface area contributed by atoms with Gasteiger partial charge >= 0.3 is 0 Å². The molecule has 19 heavy (non-hydrogen) atoms. The van der Waals surface area contributed by atoms with Crippen LogP contribution in [0.25, 0.3) is 0 Å². The van der Waals surface area contributed by atoms with Crippen molar-refractivity contribution >= 4 is 0 Å². The molecule has 1 aromatic carbocycles. The van der Waals surface area contributed by atoms with Crippen LogP contribution in [0.3, 0.4) is 0 Å². The third-order valence-electron chi connectivity index (χ3n) is 4.29. The Labute approximate surface area is 117 Å². The molecule has 0 amide bonds. The van der Waals surface area contributed by atoms with Crippen LogP contribution in [0, 0.1) is 5.92 Å². The monoisotopic (exact) mass is 261 g/mol. The normalized spacial score (nSPS) is 25.9. The number of ether oxygens (including phenoxy) is 1. The van der Waals surface area contributed by atoms with Crippen LogP contribution in [-0.4, -0.2) is 19.2 Å². The van der Waals surface area contributed by atoms with Gasteiger partial charge in [0, 0.05) is 6.04 Å². The zero-order chi connectivity index (χ0) is 13.7. The largest absolute Gasteiger partial charge is 0.494 e. The summed E-state index contributed by atoms with van der Waals surface area (Å²) in [6.45, 7) is 8.46. The summed E-state index contributed by atoms with van der Waals surface area (Å²) in [5.74, 6) is 2.51. The van der Waals surface area contributed by atoms with E-state index in [1.54, 1.807) is 0 Å². The number of hydrogen-bond acceptors (Lipinski definition) is 2. The second-order valence-corrected chi connectivity index (χ2v) is 5.48. The van der Waals surface area contributed by atoms with E-state index in [1.807, 2.05) is 6.92 Å². The van der Waals surface area contributed by atoms with E-state index in [2.05, 4.69) is 43.4 Å². The predicted octanol–water partition coefficient (Wildman–Crippen LogP) is 3.97. The summed E-state index contributed by atoms with van der Waals surface area (Å²) in [7, 11) is 0. The maximum atomic E-state index is 5.51. The van der Waals surface area contributed by atoms with E-state index in [-0.39, 0.29) is 0 Å². The van der Waals surface area contributed by atoms with E-state index in [9.17, 15) is 0 Å². The number of rotatable bonds is 7. The third-order valence-corrected chi connectivity index (χ3v) is 4.29. The minimum Gasteiger partial charge on any atom is -0.494 e. The van der Waals surface area contributed by atoms with Gasteiger partial charge in [-0.3, -0.25) is 0 Å². The molecule has 2 heteroatoms. The molecule has 1 aromatic rings. The van der Waals surface area contributed by atoms with Crippen molar-refractivity contribution in [2.45, 2.75) is 52.0 Å². The van der Waals surface area contributed by atoms with E-state index < -0.39 is 0 Å². The van der Waals surface area contributed by atoms with Gasteiger partial charge in [0.2, 0.25) is 0 Å². The van der Waals surface area contributed by atoms with Gasteiger partial charge in [-0.1, -0.05) is 32.4 Å². The summed E-state index contributed by atoms with van der Waals surface area (Å²) < 4.78 is 5.51. The van der Waals surface area contributed by atoms with Gasteiger partial charge in [0.05, 0.1) is 6.61 Å². The lowest BCUT2D eigenvalue weighted by Gasteiger charge is -2.45. The minimum atomic E-state index is 0.724. The van der Waals surface area contributed by atoms with E-state index in [4.69, 9.17) is 4.74 Å². The predicted molar refractivity (Wildman–Crippen MR) is 80.8 cm³/mol. The summed E-state index contributed by atoms with van der Waals surface area (Å²) in [4.78, 5) is 0. The van der Waals surface area contributed by atoms with Crippen LogP contribution in [0.1, 0.15) is 51.5 Å². The molecule has 1 aliphatic carbocycles. The first-order valence-electron chi connectivity index (χ1n) is 7.76. The van der Waals surface area contributed by atoms with Crippen LogP contribution in [0.15, 0.2) is 24.3 Å². The highest BCUT2D eigenvalue weighted by atomic mass is 16.5. The average Bonchev–Trinajstić information content (AvgIpc) is 2.40. The van der Waals surface area contributed by atoms with E-state index in [0.29, 0.717) is 0 Å². The van der Waals surface area contributed by atoms with Crippen molar-refractivity contribution in [1.29, 1.82) is 0 Å². The summed E-state index contributed by atoms with van der Waals surface area (Å²) >= 11 is 0. The Hall–Kier alpha value is -1.02. The molecule has 2 rings (SSSR count). The maximum Gasteiger partial charge on any atom is 0.119 e. The lowest BCUT2D eigenvalue weighted by atomic mass is 9.65. The molecule has 1 N–H and O–H groups in total. The zero-order valence-electron chi connectivity index (χ0n) is 12.5. The second-order valence-electron chi connectivity index (χ2n) is 5.48. The third kappa shape index (κ3) is 3.30. The SMILES string of the molecule is CCCNC1CC(c2ccc(OCC)cc2)C1CC. The number of benzene rings is 1. The molecule has 3 atom stereocenters. The molecule has 106 valence electrons.